The van der Waals surface area contributed by atoms with Gasteiger partial charge in [0.2, 0.25) is 11.7 Å². The van der Waals surface area contributed by atoms with E-state index in [1.54, 1.807) is 11.3 Å². The number of hydrogen-bond donors (Lipinski definition) is 2. The topological polar surface area (TPSA) is 88.2 Å². The molecule has 0 aliphatic heterocycles. The number of unbranched alkanes of at least 4 members (excludes halogenated alkanes) is 2. The lowest BCUT2D eigenvalue weighted by atomic mass is 10.2. The third-order valence-electron chi connectivity index (χ3n) is 2.55. The molecular formula is C12H15N3O3S. The lowest BCUT2D eigenvalue weighted by molar-refractivity contribution is 0.194. The molecule has 7 heteroatoms. The molecule has 0 radical (unpaired) electrons. The highest BCUT2D eigenvalue weighted by atomic mass is 32.1. The molecule has 2 rings (SSSR count). The summed E-state index contributed by atoms with van der Waals surface area (Å²) >= 11 is 1.58. The van der Waals surface area contributed by atoms with Crippen molar-refractivity contribution in [2.45, 2.75) is 25.7 Å². The van der Waals surface area contributed by atoms with Crippen molar-refractivity contribution in [2.75, 3.05) is 6.54 Å². The van der Waals surface area contributed by atoms with Gasteiger partial charge in [0.05, 0.1) is 4.88 Å². The van der Waals surface area contributed by atoms with Crippen LogP contribution in [0.2, 0.25) is 0 Å². The van der Waals surface area contributed by atoms with Crippen LogP contribution >= 0.6 is 11.3 Å². The predicted octanol–water partition coefficient (Wildman–Crippen LogP) is 2.78. The molecule has 2 aromatic rings. The monoisotopic (exact) mass is 281 g/mol. The average molecular weight is 281 g/mol. The lowest BCUT2D eigenvalue weighted by Gasteiger charge is -1.99. The summed E-state index contributed by atoms with van der Waals surface area (Å²) in [4.78, 5) is 15.5. The van der Waals surface area contributed by atoms with Crippen molar-refractivity contribution in [1.82, 2.24) is 15.5 Å². The summed E-state index contributed by atoms with van der Waals surface area (Å²) in [5.41, 5.74) is 0. The fourth-order valence-corrected chi connectivity index (χ4v) is 2.28. The first-order valence-electron chi connectivity index (χ1n) is 6.09. The largest absolute Gasteiger partial charge is 0.465 e. The zero-order valence-corrected chi connectivity index (χ0v) is 11.2. The van der Waals surface area contributed by atoms with Gasteiger partial charge in [-0.15, -0.1) is 11.3 Å². The van der Waals surface area contributed by atoms with E-state index >= 15 is 0 Å². The number of carboxylic acid groups (broad SMARTS) is 1. The van der Waals surface area contributed by atoms with Gasteiger partial charge in [-0.3, -0.25) is 0 Å². The van der Waals surface area contributed by atoms with Crippen LogP contribution in [0.3, 0.4) is 0 Å². The zero-order chi connectivity index (χ0) is 13.5. The minimum absolute atomic E-state index is 0.486. The first-order chi connectivity index (χ1) is 9.25. The molecule has 2 heterocycles. The second-order valence-corrected chi connectivity index (χ2v) is 4.98. The van der Waals surface area contributed by atoms with Crippen LogP contribution < -0.4 is 5.32 Å². The van der Waals surface area contributed by atoms with Crippen molar-refractivity contribution >= 4 is 17.4 Å². The Morgan fingerprint density at radius 2 is 2.32 bits per heavy atom. The summed E-state index contributed by atoms with van der Waals surface area (Å²) in [5, 5.41) is 16.6. The average Bonchev–Trinajstić information content (AvgIpc) is 3.03. The second kappa shape index (κ2) is 6.89. The maximum atomic E-state index is 10.2. The summed E-state index contributed by atoms with van der Waals surface area (Å²) in [6, 6.07) is 3.91. The molecule has 0 aliphatic carbocycles. The van der Waals surface area contributed by atoms with Crippen molar-refractivity contribution in [3.63, 3.8) is 0 Å². The number of aromatic nitrogens is 2. The van der Waals surface area contributed by atoms with Crippen LogP contribution in [0.15, 0.2) is 22.0 Å². The van der Waals surface area contributed by atoms with Crippen LogP contribution in [-0.2, 0) is 6.42 Å². The van der Waals surface area contributed by atoms with Crippen LogP contribution in [0, 0.1) is 0 Å². The molecule has 0 saturated carbocycles. The summed E-state index contributed by atoms with van der Waals surface area (Å²) in [5.74, 6) is 1.27. The summed E-state index contributed by atoms with van der Waals surface area (Å²) < 4.78 is 5.17. The van der Waals surface area contributed by atoms with Crippen LogP contribution in [0.4, 0.5) is 4.79 Å². The third kappa shape index (κ3) is 4.36. The lowest BCUT2D eigenvalue weighted by Crippen LogP contribution is -2.21. The van der Waals surface area contributed by atoms with Gasteiger partial charge in [0.25, 0.3) is 0 Å². The van der Waals surface area contributed by atoms with Gasteiger partial charge in [-0.05, 0) is 24.3 Å². The van der Waals surface area contributed by atoms with E-state index in [0.29, 0.717) is 18.3 Å². The van der Waals surface area contributed by atoms with Gasteiger partial charge < -0.3 is 14.9 Å². The standard InChI is InChI=1S/C12H15N3O3S/c16-12(17)13-7-3-1-2-6-10-14-11(15-18-10)9-5-4-8-19-9/h4-5,8,13H,1-3,6-7H2,(H,16,17). The molecule has 0 unspecified atom stereocenters. The van der Waals surface area contributed by atoms with Gasteiger partial charge in [-0.25, -0.2) is 4.79 Å². The number of rotatable bonds is 7. The first kappa shape index (κ1) is 13.5. The molecule has 1 amide bonds. The fourth-order valence-electron chi connectivity index (χ4n) is 1.64. The van der Waals surface area contributed by atoms with Gasteiger partial charge in [0.1, 0.15) is 0 Å². The van der Waals surface area contributed by atoms with Crippen molar-refractivity contribution in [1.29, 1.82) is 0 Å². The number of amides is 1. The number of carbonyl (C=O) groups is 1. The van der Waals surface area contributed by atoms with Gasteiger partial charge in [0, 0.05) is 13.0 Å². The fraction of sp³-hybridized carbons (Fsp3) is 0.417. The molecule has 0 fully saturated rings. The first-order valence-corrected chi connectivity index (χ1v) is 6.97. The second-order valence-electron chi connectivity index (χ2n) is 4.03. The molecule has 102 valence electrons. The summed E-state index contributed by atoms with van der Waals surface area (Å²) in [7, 11) is 0. The molecule has 6 nitrogen and oxygen atoms in total. The number of thiophene rings is 1. The van der Waals surface area contributed by atoms with Crippen molar-refractivity contribution in [3.8, 4) is 10.7 Å². The number of nitrogens with one attached hydrogen (secondary N) is 1. The number of nitrogens with zero attached hydrogens (tertiary/aromatic N) is 2. The van der Waals surface area contributed by atoms with Gasteiger partial charge >= 0.3 is 6.09 Å². The molecule has 19 heavy (non-hydrogen) atoms. The Balaban J connectivity index is 1.68. The normalized spacial score (nSPS) is 10.5. The smallest absolute Gasteiger partial charge is 0.404 e. The van der Waals surface area contributed by atoms with E-state index in [0.717, 1.165) is 30.6 Å². The highest BCUT2D eigenvalue weighted by Gasteiger charge is 2.08. The molecule has 0 aromatic carbocycles. The van der Waals surface area contributed by atoms with E-state index in [9.17, 15) is 4.79 Å². The predicted molar refractivity (Wildman–Crippen MR) is 71.2 cm³/mol. The summed E-state index contributed by atoms with van der Waals surface area (Å²) in [6.07, 6.45) is 2.41. The molecule has 0 spiro atoms. The van der Waals surface area contributed by atoms with E-state index in [1.165, 1.54) is 0 Å². The minimum Gasteiger partial charge on any atom is -0.465 e. The Morgan fingerprint density at radius 3 is 3.05 bits per heavy atom. The minimum atomic E-state index is -0.975. The van der Waals surface area contributed by atoms with Crippen LogP contribution in [-0.4, -0.2) is 27.9 Å². The van der Waals surface area contributed by atoms with Crippen LogP contribution in [0.5, 0.6) is 0 Å². The van der Waals surface area contributed by atoms with E-state index in [4.69, 9.17) is 9.63 Å². The quantitative estimate of drug-likeness (QED) is 0.762. The SMILES string of the molecule is O=C(O)NCCCCCc1nc(-c2cccs2)no1. The molecule has 0 bridgehead atoms. The maximum Gasteiger partial charge on any atom is 0.404 e. The van der Waals surface area contributed by atoms with Crippen molar-refractivity contribution in [3.05, 3.63) is 23.4 Å². The Morgan fingerprint density at radius 1 is 1.42 bits per heavy atom. The van der Waals surface area contributed by atoms with Crippen molar-refractivity contribution < 1.29 is 14.4 Å². The van der Waals surface area contributed by atoms with Crippen molar-refractivity contribution in [2.24, 2.45) is 0 Å². The number of aryl methyl sites for hydroxylation is 1. The highest BCUT2D eigenvalue weighted by Crippen LogP contribution is 2.21. The highest BCUT2D eigenvalue weighted by molar-refractivity contribution is 7.13. The summed E-state index contributed by atoms with van der Waals surface area (Å²) in [6.45, 7) is 0.486. The van der Waals surface area contributed by atoms with E-state index in [-0.39, 0.29) is 0 Å². The molecule has 0 atom stereocenters. The van der Waals surface area contributed by atoms with Crippen LogP contribution in [0.1, 0.15) is 25.2 Å². The van der Waals surface area contributed by atoms with Gasteiger partial charge in [-0.2, -0.15) is 4.98 Å². The zero-order valence-electron chi connectivity index (χ0n) is 10.3. The van der Waals surface area contributed by atoms with E-state index < -0.39 is 6.09 Å². The molecule has 0 saturated heterocycles. The Labute approximate surface area is 114 Å². The molecule has 0 aliphatic rings. The Hall–Kier alpha value is -1.89. The number of hydrogen-bond acceptors (Lipinski definition) is 5. The molecule has 2 N–H and O–H groups in total. The van der Waals surface area contributed by atoms with Gasteiger partial charge in [0.15, 0.2) is 0 Å². The maximum absolute atomic E-state index is 10.2. The van der Waals surface area contributed by atoms with Crippen LogP contribution in [0.25, 0.3) is 10.7 Å². The van der Waals surface area contributed by atoms with Gasteiger partial charge in [-0.1, -0.05) is 17.6 Å². The Kier molecular flexibility index (Phi) is 4.91. The van der Waals surface area contributed by atoms with E-state index in [1.807, 2.05) is 17.5 Å². The molecule has 2 aromatic heterocycles. The third-order valence-corrected chi connectivity index (χ3v) is 3.42. The molecular weight excluding hydrogens is 266 g/mol. The van der Waals surface area contributed by atoms with E-state index in [2.05, 4.69) is 15.5 Å². The Bertz CT molecular complexity index is 510.